The quantitative estimate of drug-likeness (QED) is 0.495. The third-order valence-corrected chi connectivity index (χ3v) is 3.29. The zero-order valence-electron chi connectivity index (χ0n) is 14.2. The highest BCUT2D eigenvalue weighted by molar-refractivity contribution is 6.02. The van der Waals surface area contributed by atoms with Crippen molar-refractivity contribution in [3.63, 3.8) is 0 Å². The molecule has 0 aliphatic heterocycles. The van der Waals surface area contributed by atoms with Crippen LogP contribution < -0.4 is 10.9 Å². The van der Waals surface area contributed by atoms with E-state index in [1.807, 2.05) is 0 Å². The highest BCUT2D eigenvalue weighted by Crippen LogP contribution is 2.14. The molecule has 2 aromatic rings. The third kappa shape index (κ3) is 4.64. The number of aryl methyl sites for hydroxylation is 1. The third-order valence-electron chi connectivity index (χ3n) is 3.29. The summed E-state index contributed by atoms with van der Waals surface area (Å²) in [6.45, 7) is 1.84. The minimum absolute atomic E-state index is 0.102. The van der Waals surface area contributed by atoms with E-state index < -0.39 is 11.9 Å². The molecule has 0 unspecified atom stereocenters. The largest absolute Gasteiger partial charge is 0.462 e. The Hall–Kier alpha value is -3.73. The van der Waals surface area contributed by atoms with Crippen LogP contribution >= 0.6 is 0 Å². The predicted octanol–water partition coefficient (Wildman–Crippen LogP) is 1.50. The number of nitriles is 1. The smallest absolute Gasteiger partial charge is 0.348 e. The van der Waals surface area contributed by atoms with E-state index in [4.69, 9.17) is 10.00 Å². The van der Waals surface area contributed by atoms with Crippen molar-refractivity contribution in [1.82, 2.24) is 9.78 Å². The van der Waals surface area contributed by atoms with Crippen LogP contribution in [0.3, 0.4) is 0 Å². The van der Waals surface area contributed by atoms with Gasteiger partial charge in [0.2, 0.25) is 0 Å². The van der Waals surface area contributed by atoms with Gasteiger partial charge in [-0.2, -0.15) is 10.4 Å². The Kier molecular flexibility index (Phi) is 6.01. The first-order valence-electron chi connectivity index (χ1n) is 7.69. The SMILES string of the molecule is CCOC(=O)/C(C#N)=C\c1ccc(NC(=O)c2ccc(=O)n(C)n2)cc1. The highest BCUT2D eigenvalue weighted by atomic mass is 16.5. The van der Waals surface area contributed by atoms with Crippen LogP contribution in [0.2, 0.25) is 0 Å². The van der Waals surface area contributed by atoms with Crippen LogP contribution in [0, 0.1) is 11.3 Å². The molecule has 0 aliphatic rings. The fourth-order valence-corrected chi connectivity index (χ4v) is 1.99. The number of anilines is 1. The fourth-order valence-electron chi connectivity index (χ4n) is 1.99. The van der Waals surface area contributed by atoms with Gasteiger partial charge in [-0.1, -0.05) is 12.1 Å². The Labute approximate surface area is 149 Å². The van der Waals surface area contributed by atoms with Crippen molar-refractivity contribution in [3.05, 3.63) is 63.6 Å². The molecule has 8 heteroatoms. The molecule has 1 heterocycles. The molecule has 1 aromatic heterocycles. The Morgan fingerprint density at radius 3 is 2.54 bits per heavy atom. The number of nitrogens with one attached hydrogen (secondary N) is 1. The standard InChI is InChI=1S/C18H16N4O4/c1-3-26-18(25)13(11-19)10-12-4-6-14(7-5-12)20-17(24)15-8-9-16(23)22(2)21-15/h4-10H,3H2,1-2H3,(H,20,24)/b13-10-. The number of amides is 1. The van der Waals surface area contributed by atoms with Gasteiger partial charge in [-0.25, -0.2) is 9.48 Å². The van der Waals surface area contributed by atoms with Gasteiger partial charge in [-0.15, -0.1) is 0 Å². The van der Waals surface area contributed by atoms with Gasteiger partial charge in [-0.05, 0) is 36.8 Å². The second kappa shape index (κ2) is 8.39. The summed E-state index contributed by atoms with van der Waals surface area (Å²) in [6.07, 6.45) is 1.40. The van der Waals surface area contributed by atoms with Gasteiger partial charge in [-0.3, -0.25) is 9.59 Å². The van der Waals surface area contributed by atoms with E-state index in [1.54, 1.807) is 37.3 Å². The van der Waals surface area contributed by atoms with Crippen LogP contribution in [0.4, 0.5) is 5.69 Å². The molecule has 0 atom stereocenters. The first-order chi connectivity index (χ1) is 12.4. The molecule has 2 rings (SSSR count). The molecule has 1 aromatic carbocycles. The van der Waals surface area contributed by atoms with Crippen LogP contribution in [-0.2, 0) is 16.6 Å². The first-order valence-corrected chi connectivity index (χ1v) is 7.69. The minimum Gasteiger partial charge on any atom is -0.462 e. The van der Waals surface area contributed by atoms with E-state index in [2.05, 4.69) is 10.4 Å². The number of benzene rings is 1. The molecule has 0 radical (unpaired) electrons. The van der Waals surface area contributed by atoms with Crippen molar-refractivity contribution in [1.29, 1.82) is 5.26 Å². The van der Waals surface area contributed by atoms with E-state index in [1.165, 1.54) is 25.3 Å². The minimum atomic E-state index is -0.687. The number of hydrogen-bond donors (Lipinski definition) is 1. The van der Waals surface area contributed by atoms with Crippen LogP contribution in [-0.4, -0.2) is 28.3 Å². The lowest BCUT2D eigenvalue weighted by Gasteiger charge is -2.06. The molecule has 0 spiro atoms. The molecule has 0 saturated carbocycles. The summed E-state index contributed by atoms with van der Waals surface area (Å²) in [4.78, 5) is 35.0. The van der Waals surface area contributed by atoms with E-state index in [9.17, 15) is 14.4 Å². The van der Waals surface area contributed by atoms with Gasteiger partial charge in [0.15, 0.2) is 0 Å². The normalized spacial score (nSPS) is 10.7. The lowest BCUT2D eigenvalue weighted by atomic mass is 10.1. The van der Waals surface area contributed by atoms with Crippen molar-refractivity contribution in [2.45, 2.75) is 6.92 Å². The fraction of sp³-hybridized carbons (Fsp3) is 0.167. The number of esters is 1. The van der Waals surface area contributed by atoms with Crippen molar-refractivity contribution >= 4 is 23.6 Å². The van der Waals surface area contributed by atoms with Gasteiger partial charge in [0.05, 0.1) is 6.61 Å². The summed E-state index contributed by atoms with van der Waals surface area (Å²) in [5.41, 5.74) is 0.779. The summed E-state index contributed by atoms with van der Waals surface area (Å²) in [7, 11) is 1.45. The molecule has 8 nitrogen and oxygen atoms in total. The molecule has 0 saturated heterocycles. The van der Waals surface area contributed by atoms with Gasteiger partial charge >= 0.3 is 5.97 Å². The molecule has 0 aliphatic carbocycles. The monoisotopic (exact) mass is 352 g/mol. The maximum Gasteiger partial charge on any atom is 0.348 e. The number of aromatic nitrogens is 2. The molecule has 1 N–H and O–H groups in total. The Balaban J connectivity index is 2.13. The van der Waals surface area contributed by atoms with Crippen LogP contribution in [0.5, 0.6) is 0 Å². The molecule has 0 fully saturated rings. The number of ether oxygens (including phenoxy) is 1. The zero-order valence-corrected chi connectivity index (χ0v) is 14.2. The number of carbonyl (C=O) groups is 2. The summed E-state index contributed by atoms with van der Waals surface area (Å²) >= 11 is 0. The summed E-state index contributed by atoms with van der Waals surface area (Å²) in [5, 5.41) is 15.5. The van der Waals surface area contributed by atoms with Crippen molar-refractivity contribution < 1.29 is 14.3 Å². The summed E-state index contributed by atoms with van der Waals surface area (Å²) in [5.74, 6) is -1.15. The van der Waals surface area contributed by atoms with Crippen molar-refractivity contribution in [2.75, 3.05) is 11.9 Å². The van der Waals surface area contributed by atoms with Gasteiger partial charge in [0.25, 0.3) is 11.5 Å². The number of nitrogens with zero attached hydrogens (tertiary/aromatic N) is 3. The lowest BCUT2D eigenvalue weighted by Crippen LogP contribution is -2.23. The molecule has 132 valence electrons. The maximum atomic E-state index is 12.1. The number of carbonyl (C=O) groups excluding carboxylic acids is 2. The van der Waals surface area contributed by atoms with E-state index in [0.29, 0.717) is 11.3 Å². The van der Waals surface area contributed by atoms with Crippen LogP contribution in [0.1, 0.15) is 23.0 Å². The maximum absolute atomic E-state index is 12.1. The van der Waals surface area contributed by atoms with Crippen LogP contribution in [0.25, 0.3) is 6.08 Å². The molecule has 1 amide bonds. The van der Waals surface area contributed by atoms with Gasteiger partial charge in [0.1, 0.15) is 17.3 Å². The zero-order chi connectivity index (χ0) is 19.1. The Bertz CT molecular complexity index is 952. The van der Waals surface area contributed by atoms with E-state index >= 15 is 0 Å². The van der Waals surface area contributed by atoms with Crippen molar-refractivity contribution in [2.24, 2.45) is 7.05 Å². The number of rotatable bonds is 5. The van der Waals surface area contributed by atoms with Crippen LogP contribution in [0.15, 0.2) is 46.8 Å². The summed E-state index contributed by atoms with van der Waals surface area (Å²) < 4.78 is 5.86. The van der Waals surface area contributed by atoms with Gasteiger partial charge in [0, 0.05) is 18.8 Å². The average Bonchev–Trinajstić information content (AvgIpc) is 2.63. The van der Waals surface area contributed by atoms with E-state index in [-0.39, 0.29) is 23.4 Å². The lowest BCUT2D eigenvalue weighted by molar-refractivity contribution is -0.137. The topological polar surface area (TPSA) is 114 Å². The molecule has 0 bridgehead atoms. The Morgan fingerprint density at radius 2 is 1.96 bits per heavy atom. The Morgan fingerprint density at radius 1 is 1.27 bits per heavy atom. The average molecular weight is 352 g/mol. The second-order valence-corrected chi connectivity index (χ2v) is 5.15. The molecular formula is C18H16N4O4. The summed E-state index contributed by atoms with van der Waals surface area (Å²) in [6, 6.07) is 10.9. The first kappa shape index (κ1) is 18.6. The van der Waals surface area contributed by atoms with E-state index in [0.717, 1.165) is 4.68 Å². The number of hydrogen-bond acceptors (Lipinski definition) is 6. The van der Waals surface area contributed by atoms with Gasteiger partial charge < -0.3 is 10.1 Å². The predicted molar refractivity (Wildman–Crippen MR) is 94.1 cm³/mol. The second-order valence-electron chi connectivity index (χ2n) is 5.15. The highest BCUT2D eigenvalue weighted by Gasteiger charge is 2.11. The molecule has 26 heavy (non-hydrogen) atoms. The van der Waals surface area contributed by atoms with Crippen molar-refractivity contribution in [3.8, 4) is 6.07 Å². The molecular weight excluding hydrogens is 336 g/mol.